The average Bonchev–Trinajstić information content (AvgIpc) is 3.28. The monoisotopic (exact) mass is 394 g/mol. The van der Waals surface area contributed by atoms with Crippen molar-refractivity contribution in [2.24, 2.45) is 5.73 Å². The van der Waals surface area contributed by atoms with Crippen molar-refractivity contribution in [2.45, 2.75) is 26.2 Å². The highest BCUT2D eigenvalue weighted by Crippen LogP contribution is 2.40. The quantitative estimate of drug-likeness (QED) is 0.733. The number of pyridine rings is 1. The summed E-state index contributed by atoms with van der Waals surface area (Å²) in [6.07, 6.45) is 5.23. The van der Waals surface area contributed by atoms with Gasteiger partial charge < -0.3 is 15.5 Å². The van der Waals surface area contributed by atoms with E-state index in [0.29, 0.717) is 11.4 Å². The molecule has 3 aromatic heterocycles. The molecule has 0 aromatic carbocycles. The fourth-order valence-corrected chi connectivity index (χ4v) is 5.58. The van der Waals surface area contributed by atoms with Gasteiger partial charge in [-0.05, 0) is 43.9 Å². The summed E-state index contributed by atoms with van der Waals surface area (Å²) < 4.78 is 0. The van der Waals surface area contributed by atoms with Crippen LogP contribution in [-0.2, 0) is 12.8 Å². The van der Waals surface area contributed by atoms with Crippen LogP contribution in [0.3, 0.4) is 0 Å². The summed E-state index contributed by atoms with van der Waals surface area (Å²) >= 11 is 1.83. The maximum absolute atomic E-state index is 11.7. The standard InChI is InChI=1S/C20H22N6OS/c1-12-23-19(16-13-4-2-6-15(13)28-20(16)24-12)26-10-8-25(9-11-26)18-14(17(21)27)5-3-7-22-18/h3,5,7H,2,4,6,8-11H2,1H3,(H2,21,27). The Morgan fingerprint density at radius 1 is 1.11 bits per heavy atom. The van der Waals surface area contributed by atoms with Gasteiger partial charge in [-0.1, -0.05) is 0 Å². The fraction of sp³-hybridized carbons (Fsp3) is 0.400. The van der Waals surface area contributed by atoms with Crippen molar-refractivity contribution in [1.29, 1.82) is 0 Å². The molecule has 144 valence electrons. The molecular formula is C20H22N6OS. The van der Waals surface area contributed by atoms with Crippen LogP contribution in [-0.4, -0.2) is 47.0 Å². The number of piperazine rings is 1. The van der Waals surface area contributed by atoms with Crippen molar-refractivity contribution in [1.82, 2.24) is 15.0 Å². The molecule has 1 fully saturated rings. The van der Waals surface area contributed by atoms with Crippen molar-refractivity contribution in [3.05, 3.63) is 40.2 Å². The minimum Gasteiger partial charge on any atom is -0.365 e. The molecule has 7 nitrogen and oxygen atoms in total. The first-order valence-corrected chi connectivity index (χ1v) is 10.5. The van der Waals surface area contributed by atoms with Gasteiger partial charge in [0.1, 0.15) is 22.3 Å². The Morgan fingerprint density at radius 2 is 1.86 bits per heavy atom. The molecule has 0 unspecified atom stereocenters. The second-order valence-electron chi connectivity index (χ2n) is 7.34. The van der Waals surface area contributed by atoms with E-state index in [2.05, 4.69) is 14.8 Å². The van der Waals surface area contributed by atoms with Gasteiger partial charge in [0.15, 0.2) is 0 Å². The number of rotatable bonds is 3. The summed E-state index contributed by atoms with van der Waals surface area (Å²) in [5, 5.41) is 1.26. The average molecular weight is 395 g/mol. The molecule has 28 heavy (non-hydrogen) atoms. The molecule has 0 saturated carbocycles. The Balaban J connectivity index is 1.45. The summed E-state index contributed by atoms with van der Waals surface area (Å²) in [4.78, 5) is 32.8. The third-order valence-corrected chi connectivity index (χ3v) is 6.77. The van der Waals surface area contributed by atoms with E-state index < -0.39 is 5.91 Å². The van der Waals surface area contributed by atoms with Crippen LogP contribution < -0.4 is 15.5 Å². The zero-order chi connectivity index (χ0) is 19.3. The van der Waals surface area contributed by atoms with E-state index in [0.717, 1.165) is 55.5 Å². The molecule has 2 N–H and O–H groups in total. The van der Waals surface area contributed by atoms with E-state index >= 15 is 0 Å². The number of thiophene rings is 1. The molecule has 0 bridgehead atoms. The molecule has 0 atom stereocenters. The van der Waals surface area contributed by atoms with Crippen LogP contribution in [0.15, 0.2) is 18.3 Å². The SMILES string of the molecule is Cc1nc(N2CCN(c3ncccc3C(N)=O)CC2)c2c3c(sc2n1)CCC3. The summed E-state index contributed by atoms with van der Waals surface area (Å²) in [5.74, 6) is 2.13. The van der Waals surface area contributed by atoms with Gasteiger partial charge in [-0.15, -0.1) is 11.3 Å². The van der Waals surface area contributed by atoms with Crippen LogP contribution in [0.4, 0.5) is 11.6 Å². The van der Waals surface area contributed by atoms with E-state index in [4.69, 9.17) is 15.7 Å². The number of primary amides is 1. The Bertz CT molecular complexity index is 1070. The lowest BCUT2D eigenvalue weighted by molar-refractivity contribution is 0.100. The van der Waals surface area contributed by atoms with E-state index in [-0.39, 0.29) is 0 Å². The molecule has 1 saturated heterocycles. The zero-order valence-corrected chi connectivity index (χ0v) is 16.6. The minimum absolute atomic E-state index is 0.438. The van der Waals surface area contributed by atoms with Gasteiger partial charge in [-0.2, -0.15) is 0 Å². The molecule has 1 aliphatic heterocycles. The number of fused-ring (bicyclic) bond motifs is 3. The Morgan fingerprint density at radius 3 is 2.61 bits per heavy atom. The lowest BCUT2D eigenvalue weighted by Crippen LogP contribution is -2.47. The number of carbonyl (C=O) groups is 1. The third-order valence-electron chi connectivity index (χ3n) is 5.59. The van der Waals surface area contributed by atoms with Gasteiger partial charge in [0.2, 0.25) is 0 Å². The summed E-state index contributed by atoms with van der Waals surface area (Å²) in [6, 6.07) is 3.49. The largest absolute Gasteiger partial charge is 0.365 e. The van der Waals surface area contributed by atoms with Gasteiger partial charge in [0, 0.05) is 37.3 Å². The molecule has 0 radical (unpaired) electrons. The Kier molecular flexibility index (Phi) is 4.16. The molecule has 8 heteroatoms. The summed E-state index contributed by atoms with van der Waals surface area (Å²) in [6.45, 7) is 5.16. The van der Waals surface area contributed by atoms with Crippen molar-refractivity contribution in [2.75, 3.05) is 36.0 Å². The molecule has 2 aliphatic rings. The highest BCUT2D eigenvalue weighted by Gasteiger charge is 2.27. The molecule has 4 heterocycles. The second kappa shape index (κ2) is 6.70. The van der Waals surface area contributed by atoms with Crippen LogP contribution >= 0.6 is 11.3 Å². The van der Waals surface area contributed by atoms with Gasteiger partial charge in [-0.25, -0.2) is 15.0 Å². The number of carbonyl (C=O) groups excluding carboxylic acids is 1. The topological polar surface area (TPSA) is 88.2 Å². The van der Waals surface area contributed by atoms with Crippen molar-refractivity contribution < 1.29 is 4.79 Å². The van der Waals surface area contributed by atoms with Crippen LogP contribution in [0, 0.1) is 6.92 Å². The maximum atomic E-state index is 11.7. The van der Waals surface area contributed by atoms with Crippen LogP contribution in [0.5, 0.6) is 0 Å². The van der Waals surface area contributed by atoms with Crippen LogP contribution in [0.2, 0.25) is 0 Å². The number of anilines is 2. The predicted octanol–water partition coefficient (Wildman–Crippen LogP) is 2.31. The number of hydrogen-bond donors (Lipinski definition) is 1. The van der Waals surface area contributed by atoms with Crippen molar-refractivity contribution in [3.8, 4) is 0 Å². The van der Waals surface area contributed by atoms with E-state index in [9.17, 15) is 4.79 Å². The number of aromatic nitrogens is 3. The smallest absolute Gasteiger partial charge is 0.252 e. The van der Waals surface area contributed by atoms with Gasteiger partial charge in [-0.3, -0.25) is 4.79 Å². The number of amides is 1. The van der Waals surface area contributed by atoms with Crippen molar-refractivity contribution >= 4 is 39.1 Å². The van der Waals surface area contributed by atoms with Gasteiger partial charge >= 0.3 is 0 Å². The van der Waals surface area contributed by atoms with Gasteiger partial charge in [0.25, 0.3) is 5.91 Å². The highest BCUT2D eigenvalue weighted by atomic mass is 32.1. The molecule has 1 amide bonds. The van der Waals surface area contributed by atoms with Gasteiger partial charge in [0.05, 0.1) is 10.9 Å². The first-order chi connectivity index (χ1) is 13.6. The molecular weight excluding hydrogens is 372 g/mol. The van der Waals surface area contributed by atoms with E-state index in [1.54, 1.807) is 18.3 Å². The second-order valence-corrected chi connectivity index (χ2v) is 8.43. The predicted molar refractivity (Wildman–Crippen MR) is 111 cm³/mol. The molecule has 5 rings (SSSR count). The maximum Gasteiger partial charge on any atom is 0.252 e. The van der Waals surface area contributed by atoms with Crippen LogP contribution in [0.1, 0.15) is 33.0 Å². The number of hydrogen-bond acceptors (Lipinski definition) is 7. The molecule has 0 spiro atoms. The zero-order valence-electron chi connectivity index (χ0n) is 15.8. The van der Waals surface area contributed by atoms with Crippen LogP contribution in [0.25, 0.3) is 10.2 Å². The number of aryl methyl sites for hydroxylation is 3. The van der Waals surface area contributed by atoms with E-state index in [1.165, 1.54) is 22.2 Å². The summed E-state index contributed by atoms with van der Waals surface area (Å²) in [7, 11) is 0. The summed E-state index contributed by atoms with van der Waals surface area (Å²) in [5.41, 5.74) is 7.46. The third kappa shape index (κ3) is 2.79. The fourth-order valence-electron chi connectivity index (χ4n) is 4.28. The Labute approximate surface area is 167 Å². The number of nitrogens with zero attached hydrogens (tertiary/aromatic N) is 5. The van der Waals surface area contributed by atoms with Crippen molar-refractivity contribution in [3.63, 3.8) is 0 Å². The lowest BCUT2D eigenvalue weighted by atomic mass is 10.1. The Hall–Kier alpha value is -2.74. The minimum atomic E-state index is -0.438. The molecule has 1 aliphatic carbocycles. The number of nitrogens with two attached hydrogens (primary N) is 1. The lowest BCUT2D eigenvalue weighted by Gasteiger charge is -2.37. The van der Waals surface area contributed by atoms with E-state index in [1.807, 2.05) is 18.3 Å². The molecule has 3 aromatic rings. The normalized spacial score (nSPS) is 16.6. The first-order valence-electron chi connectivity index (χ1n) is 9.65. The highest BCUT2D eigenvalue weighted by molar-refractivity contribution is 7.19. The first kappa shape index (κ1) is 17.4.